The predicted octanol–water partition coefficient (Wildman–Crippen LogP) is 1.36. The second-order valence-electron chi connectivity index (χ2n) is 6.96. The normalized spacial score (nSPS) is 12.6. The lowest BCUT2D eigenvalue weighted by Crippen LogP contribution is -2.47. The van der Waals surface area contributed by atoms with Crippen molar-refractivity contribution in [3.63, 3.8) is 0 Å². The van der Waals surface area contributed by atoms with Gasteiger partial charge in [-0.15, -0.1) is 11.6 Å². The van der Waals surface area contributed by atoms with Crippen LogP contribution in [0.3, 0.4) is 0 Å². The number of amides is 3. The number of ether oxygens (including phenoxy) is 1. The maximum Gasteiger partial charge on any atom is 0.268 e. The molecule has 1 heterocycles. The van der Waals surface area contributed by atoms with Crippen LogP contribution in [-0.4, -0.2) is 61.1 Å². The predicted molar refractivity (Wildman–Crippen MR) is 117 cm³/mol. The molecule has 4 N–H and O–H groups in total. The number of alkyl halides is 1. The fraction of sp³-hybridized carbons (Fsp3) is 0.429. The summed E-state index contributed by atoms with van der Waals surface area (Å²) in [6.07, 6.45) is 0.630. The number of aromatic nitrogens is 1. The minimum atomic E-state index is -0.915. The Morgan fingerprint density at radius 1 is 1.23 bits per heavy atom. The summed E-state index contributed by atoms with van der Waals surface area (Å²) in [5, 5.41) is 8.37. The first-order valence-corrected chi connectivity index (χ1v) is 10.4. The summed E-state index contributed by atoms with van der Waals surface area (Å²) < 4.78 is 5.27. The van der Waals surface area contributed by atoms with E-state index in [2.05, 4.69) is 20.9 Å². The molecule has 1 aromatic heterocycles. The highest BCUT2D eigenvalue weighted by Crippen LogP contribution is 2.25. The molecule has 2 atom stereocenters. The molecule has 31 heavy (non-hydrogen) atoms. The van der Waals surface area contributed by atoms with Gasteiger partial charge in [0, 0.05) is 23.9 Å². The summed E-state index contributed by atoms with van der Waals surface area (Å²) >= 11 is 5.66. The molecule has 0 aliphatic rings. The van der Waals surface area contributed by atoms with E-state index in [-0.39, 0.29) is 30.4 Å². The third kappa shape index (κ3) is 6.21. The van der Waals surface area contributed by atoms with Gasteiger partial charge in [0.15, 0.2) is 5.78 Å². The first-order chi connectivity index (χ1) is 14.8. The SMILES string of the molecule is CC[C@@H](C[C@H](NC(=O)CNC(=O)c1cc2c(OC)cccc2[nH]1)C(=O)CCl)C(=O)NC. The Kier molecular flexibility index (Phi) is 8.87. The van der Waals surface area contributed by atoms with Crippen molar-refractivity contribution in [2.75, 3.05) is 26.6 Å². The lowest BCUT2D eigenvalue weighted by Gasteiger charge is -2.21. The van der Waals surface area contributed by atoms with E-state index in [1.54, 1.807) is 24.3 Å². The van der Waals surface area contributed by atoms with Crippen LogP contribution in [0, 0.1) is 5.92 Å². The number of nitrogens with one attached hydrogen (secondary N) is 4. The molecule has 0 aliphatic carbocycles. The fourth-order valence-electron chi connectivity index (χ4n) is 3.24. The van der Waals surface area contributed by atoms with Crippen LogP contribution in [0.4, 0.5) is 0 Å². The molecule has 0 spiro atoms. The van der Waals surface area contributed by atoms with E-state index in [1.165, 1.54) is 14.2 Å². The van der Waals surface area contributed by atoms with Crippen LogP contribution in [0.2, 0.25) is 0 Å². The first kappa shape index (κ1) is 24.2. The second kappa shape index (κ2) is 11.4. The quantitative estimate of drug-likeness (QED) is 0.384. The van der Waals surface area contributed by atoms with Gasteiger partial charge in [-0.2, -0.15) is 0 Å². The number of carbonyl (C=O) groups is 4. The average Bonchev–Trinajstić information content (AvgIpc) is 3.23. The fourth-order valence-corrected chi connectivity index (χ4v) is 3.43. The van der Waals surface area contributed by atoms with Gasteiger partial charge in [0.2, 0.25) is 11.8 Å². The summed E-state index contributed by atoms with van der Waals surface area (Å²) in [7, 11) is 3.05. The number of benzene rings is 1. The molecular formula is C21H27ClN4O5. The van der Waals surface area contributed by atoms with Gasteiger partial charge in [-0.25, -0.2) is 0 Å². The number of hydrogen-bond acceptors (Lipinski definition) is 5. The summed E-state index contributed by atoms with van der Waals surface area (Å²) in [6.45, 7) is 1.48. The Morgan fingerprint density at radius 2 is 1.97 bits per heavy atom. The number of methoxy groups -OCH3 is 1. The topological polar surface area (TPSA) is 129 Å². The largest absolute Gasteiger partial charge is 0.496 e. The van der Waals surface area contributed by atoms with Crippen LogP contribution in [0.1, 0.15) is 30.3 Å². The smallest absolute Gasteiger partial charge is 0.268 e. The molecule has 168 valence electrons. The van der Waals surface area contributed by atoms with Gasteiger partial charge in [-0.1, -0.05) is 13.0 Å². The zero-order valence-corrected chi connectivity index (χ0v) is 18.5. The molecule has 0 bridgehead atoms. The van der Waals surface area contributed by atoms with Crippen molar-refractivity contribution in [2.24, 2.45) is 5.92 Å². The number of aromatic amines is 1. The van der Waals surface area contributed by atoms with Gasteiger partial charge in [0.25, 0.3) is 5.91 Å². The highest BCUT2D eigenvalue weighted by molar-refractivity contribution is 6.28. The molecule has 2 rings (SSSR count). The van der Waals surface area contributed by atoms with E-state index in [0.717, 1.165) is 10.9 Å². The summed E-state index contributed by atoms with van der Waals surface area (Å²) in [5.74, 6) is -1.77. The van der Waals surface area contributed by atoms with Gasteiger partial charge in [0.1, 0.15) is 11.4 Å². The van der Waals surface area contributed by atoms with Crippen LogP contribution >= 0.6 is 11.6 Å². The lowest BCUT2D eigenvalue weighted by atomic mass is 9.94. The highest BCUT2D eigenvalue weighted by Gasteiger charge is 2.27. The first-order valence-electron chi connectivity index (χ1n) is 9.88. The zero-order chi connectivity index (χ0) is 23.0. The van der Waals surface area contributed by atoms with E-state index in [1.807, 2.05) is 6.92 Å². The van der Waals surface area contributed by atoms with E-state index in [4.69, 9.17) is 16.3 Å². The van der Waals surface area contributed by atoms with Gasteiger partial charge in [-0.3, -0.25) is 19.2 Å². The van der Waals surface area contributed by atoms with Crippen molar-refractivity contribution < 1.29 is 23.9 Å². The van der Waals surface area contributed by atoms with Gasteiger partial charge in [0.05, 0.1) is 25.6 Å². The molecule has 0 saturated heterocycles. The van der Waals surface area contributed by atoms with Crippen molar-refractivity contribution >= 4 is 46.0 Å². The summed E-state index contributed by atoms with van der Waals surface area (Å²) in [4.78, 5) is 51.8. The number of fused-ring (bicyclic) bond motifs is 1. The van der Waals surface area contributed by atoms with Gasteiger partial charge < -0.3 is 25.7 Å². The van der Waals surface area contributed by atoms with Crippen LogP contribution in [-0.2, 0) is 14.4 Å². The van der Waals surface area contributed by atoms with Crippen molar-refractivity contribution in [1.82, 2.24) is 20.9 Å². The number of H-pyrrole nitrogens is 1. The average molecular weight is 451 g/mol. The molecule has 0 radical (unpaired) electrons. The van der Waals surface area contributed by atoms with Crippen molar-refractivity contribution in [3.05, 3.63) is 30.0 Å². The van der Waals surface area contributed by atoms with E-state index >= 15 is 0 Å². The Balaban J connectivity index is 2.00. The number of carbonyl (C=O) groups excluding carboxylic acids is 4. The standard InChI is InChI=1S/C21H27ClN4O5/c1-4-12(20(29)23-2)8-15(17(27)10-22)26-19(28)11-24-21(30)16-9-13-14(25-16)6-5-7-18(13)31-3/h5-7,9,12,15,25H,4,8,10-11H2,1-3H3,(H,23,29)(H,24,30)(H,26,28)/t12-,15-/m0/s1. The van der Waals surface area contributed by atoms with Crippen molar-refractivity contribution in [1.29, 1.82) is 0 Å². The van der Waals surface area contributed by atoms with Gasteiger partial charge in [-0.05, 0) is 31.0 Å². The second-order valence-corrected chi connectivity index (χ2v) is 7.23. The maximum absolute atomic E-state index is 12.4. The van der Waals surface area contributed by atoms with Crippen molar-refractivity contribution in [3.8, 4) is 5.75 Å². The van der Waals surface area contributed by atoms with E-state index in [9.17, 15) is 19.2 Å². The molecule has 0 unspecified atom stereocenters. The third-order valence-corrected chi connectivity index (χ3v) is 5.25. The Labute approximate surface area is 185 Å². The summed E-state index contributed by atoms with van der Waals surface area (Å²) in [6, 6.07) is 6.10. The molecule has 3 amide bonds. The molecule has 0 fully saturated rings. The number of Topliss-reactive ketones (excluding diaryl/α,β-unsaturated/α-hetero) is 1. The minimum absolute atomic E-state index is 0.128. The van der Waals surface area contributed by atoms with Crippen LogP contribution in [0.25, 0.3) is 10.9 Å². The molecular weight excluding hydrogens is 424 g/mol. The van der Waals surface area contributed by atoms with Gasteiger partial charge >= 0.3 is 0 Å². The molecule has 2 aromatic rings. The number of ketones is 1. The van der Waals surface area contributed by atoms with Crippen LogP contribution in [0.15, 0.2) is 24.3 Å². The number of halogens is 1. The Bertz CT molecular complexity index is 958. The summed E-state index contributed by atoms with van der Waals surface area (Å²) in [5.41, 5.74) is 0.993. The zero-order valence-electron chi connectivity index (χ0n) is 17.7. The molecule has 10 heteroatoms. The maximum atomic E-state index is 12.4. The minimum Gasteiger partial charge on any atom is -0.496 e. The Hall–Kier alpha value is -3.07. The van der Waals surface area contributed by atoms with Crippen LogP contribution in [0.5, 0.6) is 5.75 Å². The molecule has 9 nitrogen and oxygen atoms in total. The molecule has 1 aromatic carbocycles. The van der Waals surface area contributed by atoms with E-state index in [0.29, 0.717) is 12.2 Å². The van der Waals surface area contributed by atoms with Crippen molar-refractivity contribution in [2.45, 2.75) is 25.8 Å². The third-order valence-electron chi connectivity index (χ3n) is 4.98. The van der Waals surface area contributed by atoms with E-state index < -0.39 is 29.6 Å². The highest BCUT2D eigenvalue weighted by atomic mass is 35.5. The number of rotatable bonds is 11. The molecule has 0 aliphatic heterocycles. The Morgan fingerprint density at radius 3 is 2.58 bits per heavy atom. The molecule has 0 saturated carbocycles. The van der Waals surface area contributed by atoms with Crippen LogP contribution < -0.4 is 20.7 Å². The number of hydrogen-bond donors (Lipinski definition) is 4. The lowest BCUT2D eigenvalue weighted by molar-refractivity contribution is -0.129. The monoisotopic (exact) mass is 450 g/mol.